The number of rotatable bonds is 4. The SMILES string of the molecule is Cc1cc(C)c(-n2cnc(N)c(C(=O)Nc3cncc([C@H]4CCCCN4)c3)c2=O)c(C)c1. The third kappa shape index (κ3) is 4.27. The van der Waals surface area contributed by atoms with Gasteiger partial charge in [-0.2, -0.15) is 0 Å². The van der Waals surface area contributed by atoms with Gasteiger partial charge in [0.05, 0.1) is 17.6 Å². The van der Waals surface area contributed by atoms with Gasteiger partial charge < -0.3 is 16.4 Å². The zero-order valence-electron chi connectivity index (χ0n) is 18.6. The van der Waals surface area contributed by atoms with Gasteiger partial charge in [-0.1, -0.05) is 24.1 Å². The standard InChI is InChI=1S/C24H28N6O2/c1-14-8-15(2)21(16(3)9-14)30-13-28-22(25)20(24(30)32)23(31)29-18-10-17(11-26-12-18)19-6-4-5-7-27-19/h8-13,19,27H,4-7,25H2,1-3H3,(H,29,31)/t19-/m1/s1. The van der Waals surface area contributed by atoms with Crippen molar-refractivity contribution in [1.29, 1.82) is 0 Å². The van der Waals surface area contributed by atoms with Crippen LogP contribution < -0.4 is 21.9 Å². The molecule has 8 heteroatoms. The maximum atomic E-state index is 13.3. The van der Waals surface area contributed by atoms with Gasteiger partial charge in [0.2, 0.25) is 0 Å². The van der Waals surface area contributed by atoms with Crippen molar-refractivity contribution in [3.63, 3.8) is 0 Å². The normalized spacial score (nSPS) is 16.0. The number of hydrogen-bond donors (Lipinski definition) is 3. The Hall–Kier alpha value is -3.52. The minimum Gasteiger partial charge on any atom is -0.383 e. The zero-order chi connectivity index (χ0) is 22.8. The molecular formula is C24H28N6O2. The number of anilines is 2. The summed E-state index contributed by atoms with van der Waals surface area (Å²) in [6.07, 6.45) is 8.06. The predicted octanol–water partition coefficient (Wildman–Crippen LogP) is 3.20. The summed E-state index contributed by atoms with van der Waals surface area (Å²) in [6, 6.07) is 6.07. The summed E-state index contributed by atoms with van der Waals surface area (Å²) in [6.45, 7) is 6.81. The number of piperidine rings is 1. The van der Waals surface area contributed by atoms with E-state index >= 15 is 0 Å². The topological polar surface area (TPSA) is 115 Å². The number of benzene rings is 1. The quantitative estimate of drug-likeness (QED) is 0.583. The van der Waals surface area contributed by atoms with Gasteiger partial charge in [0, 0.05) is 12.2 Å². The Morgan fingerprint density at radius 2 is 1.91 bits per heavy atom. The molecule has 0 saturated carbocycles. The maximum absolute atomic E-state index is 13.3. The highest BCUT2D eigenvalue weighted by Gasteiger charge is 2.21. The number of pyridine rings is 1. The molecule has 32 heavy (non-hydrogen) atoms. The molecule has 1 fully saturated rings. The molecule has 0 spiro atoms. The van der Waals surface area contributed by atoms with Crippen molar-refractivity contribution in [3.05, 3.63) is 75.1 Å². The lowest BCUT2D eigenvalue weighted by molar-refractivity contribution is 0.102. The third-order valence-electron chi connectivity index (χ3n) is 5.83. The van der Waals surface area contributed by atoms with Crippen LogP contribution in [0.15, 0.2) is 41.7 Å². The fraction of sp³-hybridized carbons (Fsp3) is 0.333. The summed E-state index contributed by atoms with van der Waals surface area (Å²) in [7, 11) is 0. The summed E-state index contributed by atoms with van der Waals surface area (Å²) < 4.78 is 1.38. The first-order valence-corrected chi connectivity index (χ1v) is 10.8. The molecule has 1 aliphatic heterocycles. The molecule has 0 bridgehead atoms. The first-order chi connectivity index (χ1) is 15.3. The molecule has 3 aromatic rings. The van der Waals surface area contributed by atoms with Gasteiger partial charge in [-0.05, 0) is 62.9 Å². The molecule has 1 aromatic carbocycles. The number of aryl methyl sites for hydroxylation is 3. The van der Waals surface area contributed by atoms with Crippen LogP contribution in [-0.4, -0.2) is 27.0 Å². The Morgan fingerprint density at radius 3 is 2.59 bits per heavy atom. The largest absolute Gasteiger partial charge is 0.383 e. The van der Waals surface area contributed by atoms with Crippen molar-refractivity contribution >= 4 is 17.4 Å². The minimum absolute atomic E-state index is 0.107. The average molecular weight is 433 g/mol. The Morgan fingerprint density at radius 1 is 1.16 bits per heavy atom. The first kappa shape index (κ1) is 21.7. The molecule has 0 unspecified atom stereocenters. The number of nitrogens with two attached hydrogens (primary N) is 1. The van der Waals surface area contributed by atoms with E-state index in [9.17, 15) is 9.59 Å². The van der Waals surface area contributed by atoms with Crippen LogP contribution in [0, 0.1) is 20.8 Å². The van der Waals surface area contributed by atoms with Crippen LogP contribution in [0.2, 0.25) is 0 Å². The van der Waals surface area contributed by atoms with Crippen molar-refractivity contribution in [1.82, 2.24) is 19.9 Å². The Kier molecular flexibility index (Phi) is 6.05. The Balaban J connectivity index is 1.67. The van der Waals surface area contributed by atoms with E-state index in [1.54, 1.807) is 12.4 Å². The van der Waals surface area contributed by atoms with E-state index in [0.29, 0.717) is 11.4 Å². The van der Waals surface area contributed by atoms with Gasteiger partial charge in [-0.3, -0.25) is 19.1 Å². The predicted molar refractivity (Wildman–Crippen MR) is 125 cm³/mol. The van der Waals surface area contributed by atoms with E-state index in [0.717, 1.165) is 48.1 Å². The van der Waals surface area contributed by atoms with Crippen molar-refractivity contribution in [2.24, 2.45) is 0 Å². The number of carbonyl (C=O) groups is 1. The number of nitrogen functional groups attached to an aromatic ring is 1. The van der Waals surface area contributed by atoms with Crippen LogP contribution in [0.25, 0.3) is 5.69 Å². The number of carbonyl (C=O) groups excluding carboxylic acids is 1. The third-order valence-corrected chi connectivity index (χ3v) is 5.83. The molecule has 0 radical (unpaired) electrons. The summed E-state index contributed by atoms with van der Waals surface area (Å²) in [4.78, 5) is 34.7. The van der Waals surface area contributed by atoms with Crippen LogP contribution in [0.5, 0.6) is 0 Å². The van der Waals surface area contributed by atoms with Crippen LogP contribution in [0.1, 0.15) is 57.9 Å². The lowest BCUT2D eigenvalue weighted by Crippen LogP contribution is -2.31. The highest BCUT2D eigenvalue weighted by atomic mass is 16.2. The Bertz CT molecular complexity index is 1200. The summed E-state index contributed by atoms with van der Waals surface area (Å²) in [5.41, 5.74) is 10.4. The molecule has 1 amide bonds. The van der Waals surface area contributed by atoms with Crippen molar-refractivity contribution in [3.8, 4) is 5.69 Å². The maximum Gasteiger partial charge on any atom is 0.272 e. The lowest BCUT2D eigenvalue weighted by Gasteiger charge is -2.23. The smallest absolute Gasteiger partial charge is 0.272 e. The number of hydrogen-bond acceptors (Lipinski definition) is 6. The van der Waals surface area contributed by atoms with E-state index in [1.165, 1.54) is 10.9 Å². The highest BCUT2D eigenvalue weighted by Crippen LogP contribution is 2.24. The van der Waals surface area contributed by atoms with Crippen molar-refractivity contribution < 1.29 is 4.79 Å². The number of nitrogens with zero attached hydrogens (tertiary/aromatic N) is 3. The summed E-state index contributed by atoms with van der Waals surface area (Å²) in [5.74, 6) is -0.712. The molecule has 1 aliphatic rings. The Labute approximate surface area is 186 Å². The second-order valence-electron chi connectivity index (χ2n) is 8.39. The zero-order valence-corrected chi connectivity index (χ0v) is 18.6. The molecule has 1 saturated heterocycles. The van der Waals surface area contributed by atoms with E-state index in [-0.39, 0.29) is 17.4 Å². The molecule has 0 aliphatic carbocycles. The fourth-order valence-electron chi connectivity index (χ4n) is 4.44. The van der Waals surface area contributed by atoms with Crippen LogP contribution >= 0.6 is 0 Å². The fourth-order valence-corrected chi connectivity index (χ4v) is 4.44. The number of nitrogens with one attached hydrogen (secondary N) is 2. The van der Waals surface area contributed by atoms with Crippen molar-refractivity contribution in [2.75, 3.05) is 17.6 Å². The highest BCUT2D eigenvalue weighted by molar-refractivity contribution is 6.06. The van der Waals surface area contributed by atoms with E-state index in [4.69, 9.17) is 5.73 Å². The average Bonchev–Trinajstić information content (AvgIpc) is 2.75. The number of amides is 1. The molecule has 8 nitrogen and oxygen atoms in total. The van der Waals surface area contributed by atoms with Crippen molar-refractivity contribution in [2.45, 2.75) is 46.1 Å². The second kappa shape index (κ2) is 8.92. The van der Waals surface area contributed by atoms with Crippen LogP contribution in [0.4, 0.5) is 11.5 Å². The second-order valence-corrected chi connectivity index (χ2v) is 8.39. The van der Waals surface area contributed by atoms with E-state index in [1.807, 2.05) is 39.0 Å². The molecule has 3 heterocycles. The van der Waals surface area contributed by atoms with E-state index in [2.05, 4.69) is 20.6 Å². The van der Waals surface area contributed by atoms with Gasteiger partial charge in [0.1, 0.15) is 17.7 Å². The van der Waals surface area contributed by atoms with Gasteiger partial charge >= 0.3 is 0 Å². The monoisotopic (exact) mass is 432 g/mol. The van der Waals surface area contributed by atoms with Crippen LogP contribution in [0.3, 0.4) is 0 Å². The summed E-state index contributed by atoms with van der Waals surface area (Å²) >= 11 is 0. The van der Waals surface area contributed by atoms with Crippen LogP contribution in [-0.2, 0) is 0 Å². The molecule has 166 valence electrons. The summed E-state index contributed by atoms with van der Waals surface area (Å²) in [5, 5.41) is 6.24. The van der Waals surface area contributed by atoms with E-state index < -0.39 is 11.5 Å². The van der Waals surface area contributed by atoms with Gasteiger partial charge in [0.15, 0.2) is 0 Å². The molecule has 4 rings (SSSR count). The molecular weight excluding hydrogens is 404 g/mol. The minimum atomic E-state index is -0.604. The van der Waals surface area contributed by atoms with Gasteiger partial charge in [-0.15, -0.1) is 0 Å². The lowest BCUT2D eigenvalue weighted by atomic mass is 9.99. The van der Waals surface area contributed by atoms with Gasteiger partial charge in [-0.25, -0.2) is 4.98 Å². The number of aromatic nitrogens is 3. The molecule has 1 atom stereocenters. The molecule has 2 aromatic heterocycles. The first-order valence-electron chi connectivity index (χ1n) is 10.8. The molecule has 4 N–H and O–H groups in total. The van der Waals surface area contributed by atoms with Gasteiger partial charge in [0.25, 0.3) is 11.5 Å².